The summed E-state index contributed by atoms with van der Waals surface area (Å²) in [7, 11) is 0. The molecule has 6 heteroatoms. The molecule has 1 saturated heterocycles. The number of rotatable bonds is 6. The van der Waals surface area contributed by atoms with Crippen molar-refractivity contribution < 1.29 is 14.3 Å². The summed E-state index contributed by atoms with van der Waals surface area (Å²) in [4.78, 5) is 12.3. The maximum Gasteiger partial charge on any atom is 0.237 e. The molecule has 2 rings (SSSR count). The molecule has 0 spiro atoms. The number of nitrogens with one attached hydrogen (secondary N) is 1. The summed E-state index contributed by atoms with van der Waals surface area (Å²) in [5, 5.41) is 3.01. The number of hydrogen-bond donors (Lipinski definition) is 2. The summed E-state index contributed by atoms with van der Waals surface area (Å²) in [6.45, 7) is 7.34. The Bertz CT molecular complexity index is 501. The van der Waals surface area contributed by atoms with E-state index in [-0.39, 0.29) is 36.4 Å². The van der Waals surface area contributed by atoms with Gasteiger partial charge in [0, 0.05) is 13.2 Å². The Balaban J connectivity index is 0.00000288. The maximum absolute atomic E-state index is 12.3. The zero-order valence-electron chi connectivity index (χ0n) is 14.7. The van der Waals surface area contributed by atoms with Crippen molar-refractivity contribution in [2.45, 2.75) is 51.8 Å². The van der Waals surface area contributed by atoms with Crippen molar-refractivity contribution in [3.8, 4) is 5.75 Å². The van der Waals surface area contributed by atoms with Crippen LogP contribution in [0.4, 0.5) is 0 Å². The van der Waals surface area contributed by atoms with Crippen LogP contribution in [-0.4, -0.2) is 31.3 Å². The summed E-state index contributed by atoms with van der Waals surface area (Å²) in [5.74, 6) is 0.950. The first-order valence-electron chi connectivity index (χ1n) is 8.37. The molecule has 0 aromatic heterocycles. The van der Waals surface area contributed by atoms with E-state index >= 15 is 0 Å². The van der Waals surface area contributed by atoms with Gasteiger partial charge in [-0.2, -0.15) is 0 Å². The molecule has 0 bridgehead atoms. The highest BCUT2D eigenvalue weighted by atomic mass is 35.5. The highest BCUT2D eigenvalue weighted by molar-refractivity contribution is 5.85. The number of benzene rings is 1. The Labute approximate surface area is 150 Å². The van der Waals surface area contributed by atoms with Crippen molar-refractivity contribution in [2.75, 3.05) is 13.2 Å². The number of carbonyl (C=O) groups excluding carboxylic acids is 1. The van der Waals surface area contributed by atoms with Crippen molar-refractivity contribution in [1.29, 1.82) is 0 Å². The number of amides is 1. The van der Waals surface area contributed by atoms with Crippen LogP contribution in [-0.2, 0) is 9.53 Å². The Morgan fingerprint density at radius 3 is 2.33 bits per heavy atom. The molecule has 24 heavy (non-hydrogen) atoms. The van der Waals surface area contributed by atoms with Crippen LogP contribution in [0.2, 0.25) is 0 Å². The highest BCUT2D eigenvalue weighted by Crippen LogP contribution is 2.21. The molecule has 2 unspecified atom stereocenters. The Morgan fingerprint density at radius 1 is 1.21 bits per heavy atom. The molecule has 0 aliphatic carbocycles. The van der Waals surface area contributed by atoms with Gasteiger partial charge in [0.2, 0.25) is 5.91 Å². The minimum Gasteiger partial charge on any atom is -0.491 e. The molecule has 1 heterocycles. The Hall–Kier alpha value is -1.30. The van der Waals surface area contributed by atoms with Gasteiger partial charge in [-0.05, 0) is 57.2 Å². The normalized spacial score (nSPS) is 17.7. The summed E-state index contributed by atoms with van der Waals surface area (Å²) in [5.41, 5.74) is 7.15. The van der Waals surface area contributed by atoms with Crippen LogP contribution in [0.25, 0.3) is 0 Å². The first-order valence-corrected chi connectivity index (χ1v) is 8.37. The fourth-order valence-corrected chi connectivity index (χ4v) is 2.79. The van der Waals surface area contributed by atoms with E-state index in [4.69, 9.17) is 15.2 Å². The lowest BCUT2D eigenvalue weighted by Crippen LogP contribution is -2.47. The van der Waals surface area contributed by atoms with Crippen molar-refractivity contribution >= 4 is 18.3 Å². The van der Waals surface area contributed by atoms with Crippen LogP contribution >= 0.6 is 12.4 Å². The first-order chi connectivity index (χ1) is 11.0. The number of halogens is 1. The predicted molar refractivity (Wildman–Crippen MR) is 97.5 cm³/mol. The van der Waals surface area contributed by atoms with E-state index < -0.39 is 6.04 Å². The van der Waals surface area contributed by atoms with Crippen molar-refractivity contribution in [2.24, 2.45) is 11.7 Å². The first kappa shape index (κ1) is 20.7. The molecule has 136 valence electrons. The van der Waals surface area contributed by atoms with Gasteiger partial charge in [-0.15, -0.1) is 12.4 Å². The SMILES string of the molecule is CC(C)Oc1ccc(C(C)NC(=O)C(N)C2CCOCC2)cc1.Cl. The standard InChI is InChI=1S/C18H28N2O3.ClH/c1-12(2)23-16-6-4-14(5-7-16)13(3)20-18(21)17(19)15-8-10-22-11-9-15;/h4-7,12-13,15,17H,8-11,19H2,1-3H3,(H,20,21);1H. The van der Waals surface area contributed by atoms with E-state index in [9.17, 15) is 4.79 Å². The molecule has 1 aromatic rings. The molecule has 2 atom stereocenters. The molecule has 1 fully saturated rings. The summed E-state index contributed by atoms with van der Waals surface area (Å²) < 4.78 is 10.9. The van der Waals surface area contributed by atoms with Gasteiger partial charge < -0.3 is 20.5 Å². The average molecular weight is 357 g/mol. The van der Waals surface area contributed by atoms with Crippen LogP contribution in [0.5, 0.6) is 5.75 Å². The van der Waals surface area contributed by atoms with E-state index in [1.165, 1.54) is 0 Å². The van der Waals surface area contributed by atoms with Crippen LogP contribution in [0.15, 0.2) is 24.3 Å². The molecule has 3 N–H and O–H groups in total. The second-order valence-corrected chi connectivity index (χ2v) is 6.44. The van der Waals surface area contributed by atoms with Crippen molar-refractivity contribution in [3.05, 3.63) is 29.8 Å². The van der Waals surface area contributed by atoms with Crippen molar-refractivity contribution in [3.63, 3.8) is 0 Å². The van der Waals surface area contributed by atoms with Crippen LogP contribution in [0.3, 0.4) is 0 Å². The van der Waals surface area contributed by atoms with Gasteiger partial charge in [0.1, 0.15) is 5.75 Å². The summed E-state index contributed by atoms with van der Waals surface area (Å²) >= 11 is 0. The molecule has 1 amide bonds. The van der Waals surface area contributed by atoms with E-state index in [1.807, 2.05) is 45.0 Å². The minimum absolute atomic E-state index is 0. The van der Waals surface area contributed by atoms with Gasteiger partial charge in [-0.1, -0.05) is 12.1 Å². The van der Waals surface area contributed by atoms with Crippen LogP contribution in [0, 0.1) is 5.92 Å². The van der Waals surface area contributed by atoms with E-state index in [0.29, 0.717) is 13.2 Å². The Kier molecular flexibility index (Phi) is 8.53. The number of carbonyl (C=O) groups is 1. The molecule has 1 aromatic carbocycles. The molecular weight excluding hydrogens is 328 g/mol. The van der Waals surface area contributed by atoms with Gasteiger partial charge in [0.05, 0.1) is 18.2 Å². The molecule has 1 aliphatic rings. The summed E-state index contributed by atoms with van der Waals surface area (Å²) in [6.07, 6.45) is 1.85. The molecule has 5 nitrogen and oxygen atoms in total. The van der Waals surface area contributed by atoms with Crippen molar-refractivity contribution in [1.82, 2.24) is 5.32 Å². The third-order valence-corrected chi connectivity index (χ3v) is 4.19. The second-order valence-electron chi connectivity index (χ2n) is 6.44. The zero-order valence-corrected chi connectivity index (χ0v) is 15.5. The van der Waals surface area contributed by atoms with E-state index in [1.54, 1.807) is 0 Å². The third-order valence-electron chi connectivity index (χ3n) is 4.19. The van der Waals surface area contributed by atoms with Gasteiger partial charge in [0.25, 0.3) is 0 Å². The fraction of sp³-hybridized carbons (Fsp3) is 0.611. The number of nitrogens with two attached hydrogens (primary N) is 1. The lowest BCUT2D eigenvalue weighted by atomic mass is 9.91. The Morgan fingerprint density at radius 2 is 1.79 bits per heavy atom. The molecule has 0 radical (unpaired) electrons. The third kappa shape index (κ3) is 5.96. The quantitative estimate of drug-likeness (QED) is 0.822. The molecule has 1 aliphatic heterocycles. The number of hydrogen-bond acceptors (Lipinski definition) is 4. The van der Waals surface area contributed by atoms with E-state index in [0.717, 1.165) is 24.2 Å². The van der Waals surface area contributed by atoms with E-state index in [2.05, 4.69) is 5.32 Å². The number of ether oxygens (including phenoxy) is 2. The highest BCUT2D eigenvalue weighted by Gasteiger charge is 2.27. The van der Waals surface area contributed by atoms with Gasteiger partial charge in [-0.3, -0.25) is 4.79 Å². The van der Waals surface area contributed by atoms with Gasteiger partial charge >= 0.3 is 0 Å². The minimum atomic E-state index is -0.468. The zero-order chi connectivity index (χ0) is 16.8. The van der Waals surface area contributed by atoms with Crippen LogP contribution < -0.4 is 15.8 Å². The summed E-state index contributed by atoms with van der Waals surface area (Å²) in [6, 6.07) is 7.25. The lowest BCUT2D eigenvalue weighted by Gasteiger charge is -2.28. The molecule has 0 saturated carbocycles. The van der Waals surface area contributed by atoms with Gasteiger partial charge in [-0.25, -0.2) is 0 Å². The topological polar surface area (TPSA) is 73.6 Å². The second kappa shape index (κ2) is 9.87. The monoisotopic (exact) mass is 356 g/mol. The maximum atomic E-state index is 12.3. The van der Waals surface area contributed by atoms with Crippen LogP contribution in [0.1, 0.15) is 45.2 Å². The lowest BCUT2D eigenvalue weighted by molar-refractivity contribution is -0.125. The smallest absolute Gasteiger partial charge is 0.237 e. The largest absolute Gasteiger partial charge is 0.491 e. The average Bonchev–Trinajstić information content (AvgIpc) is 2.55. The molecular formula is C18H29ClN2O3. The predicted octanol–water partition coefficient (Wildman–Crippen LogP) is 2.83. The fourth-order valence-electron chi connectivity index (χ4n) is 2.79. The van der Waals surface area contributed by atoms with Gasteiger partial charge in [0.15, 0.2) is 0 Å².